The average Bonchev–Trinajstić information content (AvgIpc) is 2.26. The van der Waals surface area contributed by atoms with Crippen molar-refractivity contribution in [3.8, 4) is 0 Å². The molecule has 0 aromatic rings. The molecule has 1 heterocycles. The van der Waals surface area contributed by atoms with Crippen molar-refractivity contribution >= 4 is 12.1 Å². The largest absolute Gasteiger partial charge is 0.481 e. The molecule has 1 saturated heterocycles. The molecule has 0 bridgehead atoms. The summed E-state index contributed by atoms with van der Waals surface area (Å²) in [5, 5.41) is 9.04. The van der Waals surface area contributed by atoms with Crippen molar-refractivity contribution in [1.29, 1.82) is 0 Å². The molecule has 1 aliphatic rings. The molecule has 1 N–H and O–H groups in total. The average molecular weight is 271 g/mol. The molecule has 19 heavy (non-hydrogen) atoms. The van der Waals surface area contributed by atoms with Crippen LogP contribution in [0.1, 0.15) is 53.4 Å². The van der Waals surface area contributed by atoms with Crippen LogP contribution in [0.2, 0.25) is 0 Å². The zero-order valence-electron chi connectivity index (χ0n) is 12.4. The van der Waals surface area contributed by atoms with E-state index in [-0.39, 0.29) is 17.9 Å². The van der Waals surface area contributed by atoms with E-state index in [0.717, 1.165) is 19.3 Å². The summed E-state index contributed by atoms with van der Waals surface area (Å²) in [6.45, 7) is 8.61. The zero-order valence-corrected chi connectivity index (χ0v) is 12.4. The summed E-state index contributed by atoms with van der Waals surface area (Å²) in [6.07, 6.45) is 2.23. The van der Waals surface area contributed by atoms with Crippen LogP contribution in [0.15, 0.2) is 0 Å². The maximum atomic E-state index is 12.1. The lowest BCUT2D eigenvalue weighted by atomic mass is 9.75. The first kappa shape index (κ1) is 15.8. The summed E-state index contributed by atoms with van der Waals surface area (Å²) in [6, 6.07) is 0. The van der Waals surface area contributed by atoms with Crippen molar-refractivity contribution in [2.45, 2.75) is 59.0 Å². The Bertz CT molecular complexity index is 348. The lowest BCUT2D eigenvalue weighted by Gasteiger charge is -2.41. The van der Waals surface area contributed by atoms with Crippen molar-refractivity contribution < 1.29 is 19.4 Å². The van der Waals surface area contributed by atoms with Crippen LogP contribution in [-0.2, 0) is 9.53 Å². The van der Waals surface area contributed by atoms with E-state index in [9.17, 15) is 9.59 Å². The Hall–Kier alpha value is -1.26. The highest BCUT2D eigenvalue weighted by Crippen LogP contribution is 2.37. The molecular formula is C14H25NO4. The van der Waals surface area contributed by atoms with Gasteiger partial charge in [-0.3, -0.25) is 4.79 Å². The normalized spacial score (nSPS) is 24.1. The molecule has 5 nitrogen and oxygen atoms in total. The highest BCUT2D eigenvalue weighted by molar-refractivity contribution is 5.70. The number of amides is 1. The number of carboxylic acid groups (broad SMARTS) is 1. The molecule has 0 aromatic carbocycles. The molecule has 1 amide bonds. The van der Waals surface area contributed by atoms with E-state index in [1.54, 1.807) is 4.90 Å². The summed E-state index contributed by atoms with van der Waals surface area (Å²) in [5.74, 6) is -0.798. The van der Waals surface area contributed by atoms with E-state index in [2.05, 4.69) is 0 Å². The van der Waals surface area contributed by atoms with Gasteiger partial charge >= 0.3 is 12.1 Å². The van der Waals surface area contributed by atoms with Gasteiger partial charge in [-0.25, -0.2) is 4.79 Å². The van der Waals surface area contributed by atoms with Gasteiger partial charge in [0.2, 0.25) is 0 Å². The molecule has 0 spiro atoms. The smallest absolute Gasteiger partial charge is 0.410 e. The predicted octanol–water partition coefficient (Wildman–Crippen LogP) is 2.89. The molecule has 0 aliphatic carbocycles. The van der Waals surface area contributed by atoms with E-state index in [1.165, 1.54) is 0 Å². The Morgan fingerprint density at radius 1 is 1.37 bits per heavy atom. The minimum atomic E-state index is -0.798. The third-order valence-electron chi connectivity index (χ3n) is 3.59. The number of carbonyl (C=O) groups excluding carboxylic acids is 1. The number of piperidine rings is 1. The number of nitrogens with zero attached hydrogens (tertiary/aromatic N) is 1. The van der Waals surface area contributed by atoms with Crippen LogP contribution in [0.25, 0.3) is 0 Å². The van der Waals surface area contributed by atoms with Crippen molar-refractivity contribution in [3.05, 3.63) is 0 Å². The van der Waals surface area contributed by atoms with Gasteiger partial charge in [0.25, 0.3) is 0 Å². The van der Waals surface area contributed by atoms with Gasteiger partial charge in [0, 0.05) is 13.1 Å². The van der Waals surface area contributed by atoms with Crippen LogP contribution in [0.4, 0.5) is 4.79 Å². The number of rotatable bonds is 3. The Morgan fingerprint density at radius 2 is 2.00 bits per heavy atom. The Balaban J connectivity index is 2.72. The number of carbonyl (C=O) groups is 2. The summed E-state index contributed by atoms with van der Waals surface area (Å²) in [4.78, 5) is 24.7. The molecule has 0 saturated carbocycles. The molecule has 0 radical (unpaired) electrons. The van der Waals surface area contributed by atoms with Crippen molar-refractivity contribution in [2.75, 3.05) is 13.1 Å². The first-order valence-electron chi connectivity index (χ1n) is 6.87. The fourth-order valence-corrected chi connectivity index (χ4v) is 2.57. The first-order valence-corrected chi connectivity index (χ1v) is 6.87. The summed E-state index contributed by atoms with van der Waals surface area (Å²) < 4.78 is 5.36. The second-order valence-electron chi connectivity index (χ2n) is 6.43. The number of hydrogen-bond donors (Lipinski definition) is 1. The molecular weight excluding hydrogens is 246 g/mol. The number of ether oxygens (including phenoxy) is 1. The highest BCUT2D eigenvalue weighted by Gasteiger charge is 2.38. The number of aliphatic carboxylic acids is 1. The lowest BCUT2D eigenvalue weighted by Crippen LogP contribution is -2.48. The van der Waals surface area contributed by atoms with Gasteiger partial charge in [-0.1, -0.05) is 6.92 Å². The maximum Gasteiger partial charge on any atom is 0.410 e. The van der Waals surface area contributed by atoms with Gasteiger partial charge in [-0.15, -0.1) is 0 Å². The first-order chi connectivity index (χ1) is 8.67. The van der Waals surface area contributed by atoms with Crippen LogP contribution in [0, 0.1) is 5.41 Å². The maximum absolute atomic E-state index is 12.1. The van der Waals surface area contributed by atoms with Crippen LogP contribution in [-0.4, -0.2) is 40.8 Å². The number of carboxylic acids is 1. The standard InChI is InChI=1S/C14H25NO4/c1-5-14(9-11(16)17)7-6-8-15(10-14)12(18)19-13(2,3)4/h5-10H2,1-4H3,(H,16,17)/t14-/m1/s1. The van der Waals surface area contributed by atoms with E-state index in [0.29, 0.717) is 13.1 Å². The highest BCUT2D eigenvalue weighted by atomic mass is 16.6. The Kier molecular flexibility index (Phi) is 4.82. The fraction of sp³-hybridized carbons (Fsp3) is 0.857. The topological polar surface area (TPSA) is 66.8 Å². The minimum Gasteiger partial charge on any atom is -0.481 e. The molecule has 5 heteroatoms. The monoisotopic (exact) mass is 271 g/mol. The van der Waals surface area contributed by atoms with E-state index >= 15 is 0 Å². The van der Waals surface area contributed by atoms with Crippen molar-refractivity contribution in [3.63, 3.8) is 0 Å². The second-order valence-corrected chi connectivity index (χ2v) is 6.43. The summed E-state index contributed by atoms with van der Waals surface area (Å²) in [7, 11) is 0. The lowest BCUT2D eigenvalue weighted by molar-refractivity contribution is -0.141. The molecule has 1 atom stereocenters. The minimum absolute atomic E-state index is 0.114. The SMILES string of the molecule is CC[C@]1(CC(=O)O)CCCN(C(=O)OC(C)(C)C)C1. The van der Waals surface area contributed by atoms with Crippen LogP contribution in [0.5, 0.6) is 0 Å². The molecule has 110 valence electrons. The molecule has 1 aliphatic heterocycles. The predicted molar refractivity (Wildman–Crippen MR) is 72.0 cm³/mol. The van der Waals surface area contributed by atoms with E-state index < -0.39 is 11.6 Å². The zero-order chi connectivity index (χ0) is 14.7. The third-order valence-corrected chi connectivity index (χ3v) is 3.59. The van der Waals surface area contributed by atoms with Crippen LogP contribution >= 0.6 is 0 Å². The third kappa shape index (κ3) is 4.73. The van der Waals surface area contributed by atoms with Gasteiger partial charge in [0.05, 0.1) is 6.42 Å². The Labute approximate surface area is 114 Å². The van der Waals surface area contributed by atoms with Gasteiger partial charge < -0.3 is 14.7 Å². The Morgan fingerprint density at radius 3 is 2.47 bits per heavy atom. The summed E-state index contributed by atoms with van der Waals surface area (Å²) >= 11 is 0. The van der Waals surface area contributed by atoms with Crippen molar-refractivity contribution in [2.24, 2.45) is 5.41 Å². The molecule has 0 aromatic heterocycles. The number of hydrogen-bond acceptors (Lipinski definition) is 3. The quantitative estimate of drug-likeness (QED) is 0.857. The van der Waals surface area contributed by atoms with Crippen molar-refractivity contribution in [1.82, 2.24) is 4.90 Å². The molecule has 1 rings (SSSR count). The van der Waals surface area contributed by atoms with E-state index in [1.807, 2.05) is 27.7 Å². The molecule has 1 fully saturated rings. The van der Waals surface area contributed by atoms with Gasteiger partial charge in [-0.2, -0.15) is 0 Å². The number of likely N-dealkylation sites (tertiary alicyclic amines) is 1. The van der Waals surface area contributed by atoms with Crippen LogP contribution in [0.3, 0.4) is 0 Å². The van der Waals surface area contributed by atoms with E-state index in [4.69, 9.17) is 9.84 Å². The van der Waals surface area contributed by atoms with Gasteiger partial charge in [-0.05, 0) is 45.4 Å². The second kappa shape index (κ2) is 5.80. The molecule has 0 unspecified atom stereocenters. The van der Waals surface area contributed by atoms with Crippen LogP contribution < -0.4 is 0 Å². The van der Waals surface area contributed by atoms with Gasteiger partial charge in [0.1, 0.15) is 5.60 Å². The fourth-order valence-electron chi connectivity index (χ4n) is 2.57. The van der Waals surface area contributed by atoms with Gasteiger partial charge in [0.15, 0.2) is 0 Å². The summed E-state index contributed by atoms with van der Waals surface area (Å²) in [5.41, 5.74) is -0.822.